The zero-order valence-corrected chi connectivity index (χ0v) is 16.4. The maximum absolute atomic E-state index is 12.0. The maximum atomic E-state index is 12.0. The lowest BCUT2D eigenvalue weighted by Gasteiger charge is -2.33. The lowest BCUT2D eigenvalue weighted by atomic mass is 10.0. The van der Waals surface area contributed by atoms with Crippen LogP contribution in [0.25, 0.3) is 0 Å². The van der Waals surface area contributed by atoms with E-state index in [1.165, 1.54) is 0 Å². The Bertz CT molecular complexity index is 587. The van der Waals surface area contributed by atoms with Gasteiger partial charge >= 0.3 is 6.09 Å². The molecule has 1 aliphatic rings. The number of alkyl carbamates (subject to hydrolysis) is 1. The number of likely N-dealkylation sites (tertiary alicyclic amines) is 1. The Morgan fingerprint density at radius 2 is 2.16 bits per heavy atom. The lowest BCUT2D eigenvalue weighted by molar-refractivity contribution is 0.0470. The normalized spacial score (nSPS) is 18.7. The highest BCUT2D eigenvalue weighted by molar-refractivity contribution is 6.32. The fourth-order valence-electron chi connectivity index (χ4n) is 2.96. The number of carbonyl (C=O) groups is 1. The van der Waals surface area contributed by atoms with Crippen molar-refractivity contribution in [3.05, 3.63) is 28.8 Å². The Morgan fingerprint density at radius 1 is 1.40 bits per heavy atom. The molecule has 1 amide bonds. The summed E-state index contributed by atoms with van der Waals surface area (Å²) in [7, 11) is 0. The molecule has 1 heterocycles. The molecule has 0 unspecified atom stereocenters. The van der Waals surface area contributed by atoms with Crippen LogP contribution in [-0.2, 0) is 11.3 Å². The van der Waals surface area contributed by atoms with E-state index in [9.17, 15) is 4.79 Å². The van der Waals surface area contributed by atoms with Crippen LogP contribution in [-0.4, -0.2) is 42.3 Å². The fourth-order valence-corrected chi connectivity index (χ4v) is 3.22. The summed E-state index contributed by atoms with van der Waals surface area (Å²) < 4.78 is 10.8. The van der Waals surface area contributed by atoms with Crippen LogP contribution in [0.5, 0.6) is 5.75 Å². The van der Waals surface area contributed by atoms with Crippen LogP contribution < -0.4 is 10.1 Å². The van der Waals surface area contributed by atoms with Crippen molar-refractivity contribution in [1.82, 2.24) is 10.2 Å². The summed E-state index contributed by atoms with van der Waals surface area (Å²) in [6.45, 7) is 10.8. The topological polar surface area (TPSA) is 50.8 Å². The third-order valence-electron chi connectivity index (χ3n) is 3.93. The largest absolute Gasteiger partial charge is 0.492 e. The number of amides is 1. The third-order valence-corrected chi connectivity index (χ3v) is 4.22. The molecule has 1 N–H and O–H groups in total. The average Bonchev–Trinajstić information content (AvgIpc) is 2.48. The van der Waals surface area contributed by atoms with Crippen LogP contribution in [0.2, 0.25) is 5.02 Å². The molecule has 1 saturated heterocycles. The highest BCUT2D eigenvalue weighted by atomic mass is 35.5. The van der Waals surface area contributed by atoms with Crippen molar-refractivity contribution < 1.29 is 14.3 Å². The van der Waals surface area contributed by atoms with Gasteiger partial charge in [-0.25, -0.2) is 4.79 Å². The molecular formula is C19H29ClN2O3. The molecule has 0 bridgehead atoms. The number of nitrogens with zero attached hydrogens (tertiary/aromatic N) is 1. The summed E-state index contributed by atoms with van der Waals surface area (Å²) in [6, 6.07) is 6.03. The van der Waals surface area contributed by atoms with Gasteiger partial charge in [0.15, 0.2) is 0 Å². The first kappa shape index (κ1) is 19.9. The summed E-state index contributed by atoms with van der Waals surface area (Å²) in [4.78, 5) is 14.3. The molecule has 5 nitrogen and oxygen atoms in total. The number of piperidine rings is 1. The molecule has 1 aromatic carbocycles. The Kier molecular flexibility index (Phi) is 6.96. The first-order chi connectivity index (χ1) is 11.8. The maximum Gasteiger partial charge on any atom is 0.407 e. The summed E-state index contributed by atoms with van der Waals surface area (Å²) >= 11 is 6.27. The Morgan fingerprint density at radius 3 is 2.80 bits per heavy atom. The number of benzene rings is 1. The van der Waals surface area contributed by atoms with E-state index in [4.69, 9.17) is 21.1 Å². The molecule has 140 valence electrons. The van der Waals surface area contributed by atoms with Gasteiger partial charge in [0.1, 0.15) is 11.4 Å². The van der Waals surface area contributed by atoms with Gasteiger partial charge < -0.3 is 14.8 Å². The minimum atomic E-state index is -0.475. The van der Waals surface area contributed by atoms with Crippen LogP contribution in [0.15, 0.2) is 18.2 Å². The molecule has 0 spiro atoms. The van der Waals surface area contributed by atoms with Crippen molar-refractivity contribution in [2.75, 3.05) is 19.7 Å². The van der Waals surface area contributed by atoms with Crippen LogP contribution in [0.3, 0.4) is 0 Å². The first-order valence-electron chi connectivity index (χ1n) is 8.90. The van der Waals surface area contributed by atoms with E-state index in [2.05, 4.69) is 10.2 Å². The standard InChI is InChI=1S/C19H29ClN2O3/c1-5-24-17-9-8-14(11-16(17)20)12-22-10-6-7-15(13-22)21-18(23)25-19(2,3)4/h8-9,11,15H,5-7,10,12-13H2,1-4H3,(H,21,23)/t15-/m1/s1. The number of hydrogen-bond donors (Lipinski definition) is 1. The smallest absolute Gasteiger partial charge is 0.407 e. The number of ether oxygens (including phenoxy) is 2. The molecule has 0 radical (unpaired) electrons. The third kappa shape index (κ3) is 6.75. The van der Waals surface area contributed by atoms with Crippen LogP contribution in [0, 0.1) is 0 Å². The fraction of sp³-hybridized carbons (Fsp3) is 0.632. The van der Waals surface area contributed by atoms with Crippen LogP contribution >= 0.6 is 11.6 Å². The molecule has 25 heavy (non-hydrogen) atoms. The summed E-state index contributed by atoms with van der Waals surface area (Å²) in [6.07, 6.45) is 1.67. The molecule has 1 aliphatic heterocycles. The minimum absolute atomic E-state index is 0.113. The Balaban J connectivity index is 1.88. The van der Waals surface area contributed by atoms with Gasteiger partial charge in [-0.2, -0.15) is 0 Å². The number of carbonyl (C=O) groups excluding carboxylic acids is 1. The number of hydrogen-bond acceptors (Lipinski definition) is 4. The highest BCUT2D eigenvalue weighted by Crippen LogP contribution is 2.26. The van der Waals surface area contributed by atoms with E-state index in [1.54, 1.807) is 0 Å². The van der Waals surface area contributed by atoms with Crippen molar-refractivity contribution in [1.29, 1.82) is 0 Å². The minimum Gasteiger partial charge on any atom is -0.492 e. The van der Waals surface area contributed by atoms with E-state index in [-0.39, 0.29) is 12.1 Å². The van der Waals surface area contributed by atoms with Crippen molar-refractivity contribution >= 4 is 17.7 Å². The second-order valence-electron chi connectivity index (χ2n) is 7.42. The predicted molar refractivity (Wildman–Crippen MR) is 100 cm³/mol. The zero-order chi connectivity index (χ0) is 18.4. The summed E-state index contributed by atoms with van der Waals surface area (Å²) in [5, 5.41) is 3.62. The van der Waals surface area contributed by atoms with Gasteiger partial charge in [-0.05, 0) is 64.8 Å². The van der Waals surface area contributed by atoms with E-state index in [1.807, 2.05) is 45.9 Å². The van der Waals surface area contributed by atoms with E-state index in [0.717, 1.165) is 43.8 Å². The predicted octanol–water partition coefficient (Wildman–Crippen LogP) is 4.23. The van der Waals surface area contributed by atoms with Gasteiger partial charge in [-0.3, -0.25) is 4.90 Å². The van der Waals surface area contributed by atoms with Gasteiger partial charge in [0.05, 0.1) is 11.6 Å². The molecule has 1 aromatic rings. The quantitative estimate of drug-likeness (QED) is 0.845. The van der Waals surface area contributed by atoms with Crippen molar-refractivity contribution in [2.24, 2.45) is 0 Å². The Hall–Kier alpha value is -1.46. The van der Waals surface area contributed by atoms with Crippen LogP contribution in [0.1, 0.15) is 46.1 Å². The molecule has 6 heteroatoms. The zero-order valence-electron chi connectivity index (χ0n) is 15.6. The van der Waals surface area contributed by atoms with Crippen molar-refractivity contribution in [3.8, 4) is 5.75 Å². The molecule has 0 aliphatic carbocycles. The Labute approximate surface area is 155 Å². The lowest BCUT2D eigenvalue weighted by Crippen LogP contribution is -2.48. The monoisotopic (exact) mass is 368 g/mol. The van der Waals surface area contributed by atoms with Crippen molar-refractivity contribution in [3.63, 3.8) is 0 Å². The number of nitrogens with one attached hydrogen (secondary N) is 1. The summed E-state index contributed by atoms with van der Waals surface area (Å²) in [5.74, 6) is 0.719. The van der Waals surface area contributed by atoms with Crippen molar-refractivity contribution in [2.45, 2.75) is 58.7 Å². The van der Waals surface area contributed by atoms with Crippen LogP contribution in [0.4, 0.5) is 4.79 Å². The van der Waals surface area contributed by atoms with E-state index < -0.39 is 5.60 Å². The molecular weight excluding hydrogens is 340 g/mol. The van der Waals surface area contributed by atoms with Gasteiger partial charge in [0, 0.05) is 19.1 Å². The average molecular weight is 369 g/mol. The van der Waals surface area contributed by atoms with Gasteiger partial charge in [-0.1, -0.05) is 17.7 Å². The van der Waals surface area contributed by atoms with Gasteiger partial charge in [-0.15, -0.1) is 0 Å². The molecule has 1 fully saturated rings. The molecule has 0 aromatic heterocycles. The molecule has 0 saturated carbocycles. The van der Waals surface area contributed by atoms with Gasteiger partial charge in [0.25, 0.3) is 0 Å². The SMILES string of the molecule is CCOc1ccc(CN2CCC[C@@H](NC(=O)OC(C)(C)C)C2)cc1Cl. The highest BCUT2D eigenvalue weighted by Gasteiger charge is 2.24. The van der Waals surface area contributed by atoms with Gasteiger partial charge in [0.2, 0.25) is 0 Å². The second-order valence-corrected chi connectivity index (χ2v) is 7.83. The molecule has 1 atom stereocenters. The van der Waals surface area contributed by atoms with E-state index in [0.29, 0.717) is 11.6 Å². The first-order valence-corrected chi connectivity index (χ1v) is 9.27. The second kappa shape index (κ2) is 8.77. The number of halogens is 1. The molecule has 2 rings (SSSR count). The summed E-state index contributed by atoms with van der Waals surface area (Å²) in [5.41, 5.74) is 0.670. The number of rotatable bonds is 5. The van der Waals surface area contributed by atoms with E-state index >= 15 is 0 Å².